The number of rotatable bonds is 4. The topological polar surface area (TPSA) is 27.0 Å². The van der Waals surface area contributed by atoms with Crippen molar-refractivity contribution in [2.45, 2.75) is 13.5 Å². The van der Waals surface area contributed by atoms with E-state index in [4.69, 9.17) is 5.26 Å². The lowest BCUT2D eigenvalue weighted by Gasteiger charge is -2.23. The number of benzene rings is 1. The molecule has 19 heavy (non-hydrogen) atoms. The molecule has 0 N–H and O–H groups in total. The zero-order valence-corrected chi connectivity index (χ0v) is 12.8. The Balaban J connectivity index is 2.34. The fourth-order valence-corrected chi connectivity index (χ4v) is 2.97. The molecule has 2 aromatic rings. The number of nitrogens with zero attached hydrogens (tertiary/aromatic N) is 2. The van der Waals surface area contributed by atoms with Crippen LogP contribution in [-0.2, 0) is 6.54 Å². The first-order chi connectivity index (χ1) is 9.17. The molecule has 0 aliphatic carbocycles. The molecule has 2 rings (SSSR count). The Bertz CT molecular complexity index is 605. The van der Waals surface area contributed by atoms with Gasteiger partial charge in [0.25, 0.3) is 0 Å². The van der Waals surface area contributed by atoms with Gasteiger partial charge in [-0.1, -0.05) is 6.07 Å². The molecule has 1 heterocycles. The Kier molecular flexibility index (Phi) is 4.56. The summed E-state index contributed by atoms with van der Waals surface area (Å²) in [6.07, 6.45) is 0. The largest absolute Gasteiger partial charge is 0.364 e. The molecule has 0 bridgehead atoms. The van der Waals surface area contributed by atoms with E-state index < -0.39 is 0 Å². The molecule has 0 saturated heterocycles. The lowest BCUT2D eigenvalue weighted by molar-refractivity contribution is 0.611. The smallest absolute Gasteiger partial charge is 0.161 e. The Hall–Kier alpha value is -1.38. The predicted octanol–water partition coefficient (Wildman–Crippen LogP) is 4.55. The van der Waals surface area contributed by atoms with Crippen LogP contribution in [0.4, 0.5) is 10.1 Å². The molecule has 0 aliphatic rings. The van der Waals surface area contributed by atoms with Crippen LogP contribution in [0.25, 0.3) is 0 Å². The van der Waals surface area contributed by atoms with Crippen LogP contribution >= 0.6 is 27.3 Å². The highest BCUT2D eigenvalue weighted by Gasteiger charge is 2.16. The molecule has 1 aromatic carbocycles. The van der Waals surface area contributed by atoms with Crippen molar-refractivity contribution in [3.05, 3.63) is 50.4 Å². The van der Waals surface area contributed by atoms with Gasteiger partial charge in [0.1, 0.15) is 6.07 Å². The number of thiophene rings is 1. The van der Waals surface area contributed by atoms with Crippen molar-refractivity contribution in [1.82, 2.24) is 0 Å². The molecular formula is C14H12BrFN2S. The second kappa shape index (κ2) is 6.18. The molecule has 0 aliphatic heterocycles. The molecule has 0 radical (unpaired) electrons. The molecule has 0 atom stereocenters. The summed E-state index contributed by atoms with van der Waals surface area (Å²) in [5.74, 6) is -0.377. The number of hydrogen-bond donors (Lipinski definition) is 0. The van der Waals surface area contributed by atoms with Crippen LogP contribution in [0.2, 0.25) is 0 Å². The molecule has 0 saturated carbocycles. The zero-order valence-electron chi connectivity index (χ0n) is 10.4. The van der Waals surface area contributed by atoms with E-state index in [1.807, 2.05) is 35.4 Å². The summed E-state index contributed by atoms with van der Waals surface area (Å²) >= 11 is 4.80. The van der Waals surface area contributed by atoms with Gasteiger partial charge in [0.15, 0.2) is 5.82 Å². The fourth-order valence-electron chi connectivity index (χ4n) is 1.83. The Morgan fingerprint density at radius 1 is 1.42 bits per heavy atom. The third-order valence-electron chi connectivity index (χ3n) is 2.83. The Labute approximate surface area is 124 Å². The summed E-state index contributed by atoms with van der Waals surface area (Å²) in [6, 6.07) is 9.28. The second-order valence-electron chi connectivity index (χ2n) is 3.97. The Morgan fingerprint density at radius 3 is 2.79 bits per heavy atom. The van der Waals surface area contributed by atoms with E-state index in [1.165, 1.54) is 4.88 Å². The van der Waals surface area contributed by atoms with E-state index in [-0.39, 0.29) is 10.3 Å². The lowest BCUT2D eigenvalue weighted by atomic mass is 10.2. The first kappa shape index (κ1) is 14.0. The monoisotopic (exact) mass is 338 g/mol. The molecule has 0 spiro atoms. The summed E-state index contributed by atoms with van der Waals surface area (Å²) in [5, 5.41) is 10.9. The van der Waals surface area contributed by atoms with E-state index in [0.29, 0.717) is 24.3 Å². The fraction of sp³-hybridized carbons (Fsp3) is 0.214. The summed E-state index contributed by atoms with van der Waals surface area (Å²) in [5.41, 5.74) is 0.829. The van der Waals surface area contributed by atoms with Gasteiger partial charge in [-0.15, -0.1) is 11.3 Å². The van der Waals surface area contributed by atoms with Gasteiger partial charge in [-0.2, -0.15) is 5.26 Å². The van der Waals surface area contributed by atoms with Crippen LogP contribution in [0.15, 0.2) is 34.1 Å². The van der Waals surface area contributed by atoms with Crippen molar-refractivity contribution in [2.24, 2.45) is 0 Å². The molecule has 0 unspecified atom stereocenters. The number of nitriles is 1. The average molecular weight is 339 g/mol. The van der Waals surface area contributed by atoms with Gasteiger partial charge in [-0.05, 0) is 46.4 Å². The Morgan fingerprint density at radius 2 is 2.21 bits per heavy atom. The maximum Gasteiger partial charge on any atom is 0.161 e. The molecule has 0 amide bonds. The summed E-state index contributed by atoms with van der Waals surface area (Å²) in [6.45, 7) is 3.36. The van der Waals surface area contributed by atoms with Gasteiger partial charge in [0, 0.05) is 11.4 Å². The van der Waals surface area contributed by atoms with Crippen LogP contribution in [0, 0.1) is 17.1 Å². The van der Waals surface area contributed by atoms with Crippen LogP contribution in [-0.4, -0.2) is 6.54 Å². The summed E-state index contributed by atoms with van der Waals surface area (Å²) < 4.78 is 14.5. The minimum absolute atomic E-state index is 0.233. The molecule has 2 nitrogen and oxygen atoms in total. The molecule has 0 fully saturated rings. The molecule has 1 aromatic heterocycles. The molecule has 98 valence electrons. The van der Waals surface area contributed by atoms with Crippen molar-refractivity contribution in [1.29, 1.82) is 5.26 Å². The highest BCUT2D eigenvalue weighted by molar-refractivity contribution is 9.10. The minimum atomic E-state index is -0.377. The van der Waals surface area contributed by atoms with Crippen molar-refractivity contribution in [2.75, 3.05) is 11.4 Å². The van der Waals surface area contributed by atoms with Gasteiger partial charge in [-0.3, -0.25) is 0 Å². The van der Waals surface area contributed by atoms with Crippen LogP contribution < -0.4 is 4.90 Å². The van der Waals surface area contributed by atoms with Crippen LogP contribution in [0.1, 0.15) is 17.4 Å². The third kappa shape index (κ3) is 2.96. The first-order valence-electron chi connectivity index (χ1n) is 5.82. The number of hydrogen-bond acceptors (Lipinski definition) is 3. The SMILES string of the molecule is CCN(Cc1cccs1)c1ccc(C#N)c(Br)c1F. The highest BCUT2D eigenvalue weighted by atomic mass is 79.9. The average Bonchev–Trinajstić information content (AvgIpc) is 2.92. The van der Waals surface area contributed by atoms with E-state index >= 15 is 0 Å². The van der Waals surface area contributed by atoms with Crippen LogP contribution in [0.5, 0.6) is 0 Å². The van der Waals surface area contributed by atoms with E-state index in [9.17, 15) is 4.39 Å². The standard InChI is InChI=1S/C14H12BrFN2S/c1-2-18(9-11-4-3-7-19-11)12-6-5-10(8-17)13(15)14(12)16/h3-7H,2,9H2,1H3. The van der Waals surface area contributed by atoms with Crippen molar-refractivity contribution in [3.63, 3.8) is 0 Å². The molecule has 5 heteroatoms. The van der Waals surface area contributed by atoms with Crippen molar-refractivity contribution >= 4 is 33.0 Å². The van der Waals surface area contributed by atoms with Gasteiger partial charge < -0.3 is 4.90 Å². The number of anilines is 1. The first-order valence-corrected chi connectivity index (χ1v) is 7.50. The van der Waals surface area contributed by atoms with Gasteiger partial charge >= 0.3 is 0 Å². The number of halogens is 2. The van der Waals surface area contributed by atoms with E-state index in [2.05, 4.69) is 15.9 Å². The molecular weight excluding hydrogens is 327 g/mol. The van der Waals surface area contributed by atoms with Crippen LogP contribution in [0.3, 0.4) is 0 Å². The van der Waals surface area contributed by atoms with Crippen molar-refractivity contribution in [3.8, 4) is 6.07 Å². The third-order valence-corrected chi connectivity index (χ3v) is 4.47. The van der Waals surface area contributed by atoms with Crippen molar-refractivity contribution < 1.29 is 4.39 Å². The van der Waals surface area contributed by atoms with Gasteiger partial charge in [0.05, 0.1) is 22.3 Å². The summed E-state index contributed by atoms with van der Waals surface area (Å²) in [7, 11) is 0. The normalized spacial score (nSPS) is 10.2. The minimum Gasteiger partial charge on any atom is -0.364 e. The van der Waals surface area contributed by atoms with E-state index in [1.54, 1.807) is 23.5 Å². The predicted molar refractivity (Wildman–Crippen MR) is 79.9 cm³/mol. The maximum absolute atomic E-state index is 14.3. The lowest BCUT2D eigenvalue weighted by Crippen LogP contribution is -2.22. The van der Waals surface area contributed by atoms with Gasteiger partial charge in [0.2, 0.25) is 0 Å². The maximum atomic E-state index is 14.3. The quantitative estimate of drug-likeness (QED) is 0.817. The zero-order chi connectivity index (χ0) is 13.8. The highest BCUT2D eigenvalue weighted by Crippen LogP contribution is 2.30. The van der Waals surface area contributed by atoms with E-state index in [0.717, 1.165) is 0 Å². The summed E-state index contributed by atoms with van der Waals surface area (Å²) in [4.78, 5) is 3.13. The second-order valence-corrected chi connectivity index (χ2v) is 5.79. The van der Waals surface area contributed by atoms with Gasteiger partial charge in [-0.25, -0.2) is 4.39 Å².